The number of hydrogen-bond acceptors (Lipinski definition) is 5. The Balaban J connectivity index is 2.77. The molecule has 0 spiro atoms. The molecule has 6 heteroatoms. The predicted octanol–water partition coefficient (Wildman–Crippen LogP) is 3.98. The van der Waals surface area contributed by atoms with E-state index in [1.54, 1.807) is 6.07 Å². The lowest BCUT2D eigenvalue weighted by Crippen LogP contribution is -2.44. The van der Waals surface area contributed by atoms with E-state index in [9.17, 15) is 4.79 Å². The number of amides is 1. The second-order valence-electron chi connectivity index (χ2n) is 6.96. The van der Waals surface area contributed by atoms with Crippen molar-refractivity contribution in [3.05, 3.63) is 17.8 Å². The molecule has 26 heavy (non-hydrogen) atoms. The van der Waals surface area contributed by atoms with Crippen LogP contribution < -0.4 is 10.1 Å². The lowest BCUT2D eigenvalue weighted by atomic mass is 9.93. The molecule has 0 aromatic carbocycles. The number of aromatic nitrogens is 1. The summed E-state index contributed by atoms with van der Waals surface area (Å²) in [6.07, 6.45) is 1.53. The summed E-state index contributed by atoms with van der Waals surface area (Å²) in [4.78, 5) is 17.2. The number of pyridine rings is 1. The highest BCUT2D eigenvalue weighted by Gasteiger charge is 2.35. The van der Waals surface area contributed by atoms with Crippen LogP contribution in [0.2, 0.25) is 0 Å². The van der Waals surface area contributed by atoms with Gasteiger partial charge in [0.15, 0.2) is 0 Å². The van der Waals surface area contributed by atoms with Gasteiger partial charge in [0.25, 0.3) is 5.91 Å². The summed E-state index contributed by atoms with van der Waals surface area (Å²) >= 11 is 0. The number of nitrogens with one attached hydrogen (secondary N) is 1. The topological polar surface area (TPSA) is 69.7 Å². The molecule has 1 N–H and O–H groups in total. The molecule has 0 saturated heterocycles. The molecule has 0 aliphatic heterocycles. The molecule has 1 amide bonds. The van der Waals surface area contributed by atoms with E-state index in [1.807, 2.05) is 33.8 Å². The molecular formula is C20H34N2O4. The Labute approximate surface area is 157 Å². The van der Waals surface area contributed by atoms with Gasteiger partial charge in [-0.2, -0.15) is 0 Å². The van der Waals surface area contributed by atoms with Crippen LogP contribution in [0.4, 0.5) is 5.69 Å². The van der Waals surface area contributed by atoms with Crippen molar-refractivity contribution < 1.29 is 19.0 Å². The minimum atomic E-state index is -0.858. The Morgan fingerprint density at radius 1 is 1.23 bits per heavy atom. The first-order chi connectivity index (χ1) is 12.3. The minimum absolute atomic E-state index is 0.144. The van der Waals surface area contributed by atoms with Crippen LogP contribution in [0.15, 0.2) is 12.1 Å². The monoisotopic (exact) mass is 366 g/mol. The molecule has 0 aliphatic rings. The molecule has 1 rings (SSSR count). The van der Waals surface area contributed by atoms with E-state index in [0.717, 1.165) is 6.42 Å². The van der Waals surface area contributed by atoms with Crippen molar-refractivity contribution in [3.63, 3.8) is 0 Å². The van der Waals surface area contributed by atoms with Gasteiger partial charge in [0.2, 0.25) is 5.88 Å². The van der Waals surface area contributed by atoms with E-state index in [1.165, 1.54) is 0 Å². The third-order valence-electron chi connectivity index (χ3n) is 3.89. The van der Waals surface area contributed by atoms with Gasteiger partial charge in [0.1, 0.15) is 12.2 Å². The molecule has 148 valence electrons. The fourth-order valence-corrected chi connectivity index (χ4v) is 2.68. The van der Waals surface area contributed by atoms with E-state index in [-0.39, 0.29) is 5.91 Å². The molecule has 1 atom stereocenters. The lowest BCUT2D eigenvalue weighted by Gasteiger charge is -2.30. The zero-order chi connectivity index (χ0) is 19.6. The molecule has 0 unspecified atom stereocenters. The largest absolute Gasteiger partial charge is 0.475 e. The Morgan fingerprint density at radius 3 is 2.54 bits per heavy atom. The summed E-state index contributed by atoms with van der Waals surface area (Å²) in [7, 11) is 0. The quantitative estimate of drug-likeness (QED) is 0.567. The second-order valence-corrected chi connectivity index (χ2v) is 6.96. The fraction of sp³-hybridized carbons (Fsp3) is 0.700. The summed E-state index contributed by atoms with van der Waals surface area (Å²) < 4.78 is 16.7. The Kier molecular flexibility index (Phi) is 9.59. The Hall–Kier alpha value is -1.66. The van der Waals surface area contributed by atoms with Crippen molar-refractivity contribution in [1.29, 1.82) is 0 Å². The van der Waals surface area contributed by atoms with Crippen molar-refractivity contribution in [1.82, 2.24) is 4.98 Å². The van der Waals surface area contributed by atoms with E-state index >= 15 is 0 Å². The molecule has 0 saturated carbocycles. The summed E-state index contributed by atoms with van der Waals surface area (Å²) in [5.74, 6) is 0.727. The van der Waals surface area contributed by atoms with Gasteiger partial charge in [0.05, 0.1) is 18.0 Å². The molecule has 0 radical (unpaired) electrons. The van der Waals surface area contributed by atoms with Gasteiger partial charge in [-0.1, -0.05) is 20.8 Å². The number of ether oxygens (including phenoxy) is 3. The van der Waals surface area contributed by atoms with Gasteiger partial charge in [-0.15, -0.1) is 0 Å². The first-order valence-corrected chi connectivity index (χ1v) is 9.46. The van der Waals surface area contributed by atoms with Gasteiger partial charge in [0, 0.05) is 19.3 Å². The molecule has 1 heterocycles. The third-order valence-corrected chi connectivity index (χ3v) is 3.89. The van der Waals surface area contributed by atoms with Crippen LogP contribution in [0.3, 0.4) is 0 Å². The molecule has 0 aliphatic carbocycles. The van der Waals surface area contributed by atoms with Crippen LogP contribution in [-0.2, 0) is 14.3 Å². The average molecular weight is 367 g/mol. The van der Waals surface area contributed by atoms with E-state index in [0.29, 0.717) is 56.0 Å². The van der Waals surface area contributed by atoms with Crippen LogP contribution in [0.25, 0.3) is 0 Å². The fourth-order valence-electron chi connectivity index (χ4n) is 2.68. The van der Waals surface area contributed by atoms with Crippen LogP contribution in [0, 0.1) is 12.8 Å². The highest BCUT2D eigenvalue weighted by atomic mass is 16.5. The number of rotatable bonds is 12. The van der Waals surface area contributed by atoms with Gasteiger partial charge >= 0.3 is 0 Å². The number of hydrogen-bond donors (Lipinski definition) is 1. The van der Waals surface area contributed by atoms with Crippen molar-refractivity contribution >= 4 is 11.6 Å². The molecule has 1 aromatic rings. The number of nitrogens with zero attached hydrogens (tertiary/aromatic N) is 1. The summed E-state index contributed by atoms with van der Waals surface area (Å²) in [6.45, 7) is 14.0. The van der Waals surface area contributed by atoms with Crippen LogP contribution in [-0.4, -0.2) is 42.9 Å². The standard InChI is InChI=1S/C20H34N2O4/c1-7-11-26-20(6,14-15(3)4)19(23)22-17-9-10-18(21-16(17)5)25-13-12-24-8-2/h9-10,15H,7-8,11-14H2,1-6H3,(H,22,23)/t20-/m0/s1. The highest BCUT2D eigenvalue weighted by Crippen LogP contribution is 2.25. The maximum Gasteiger partial charge on any atom is 0.256 e. The predicted molar refractivity (Wildman–Crippen MR) is 104 cm³/mol. The van der Waals surface area contributed by atoms with Gasteiger partial charge in [-0.05, 0) is 45.6 Å². The first-order valence-electron chi connectivity index (χ1n) is 9.46. The zero-order valence-electron chi connectivity index (χ0n) is 17.1. The molecule has 6 nitrogen and oxygen atoms in total. The highest BCUT2D eigenvalue weighted by molar-refractivity contribution is 5.97. The molecule has 1 aromatic heterocycles. The van der Waals surface area contributed by atoms with Gasteiger partial charge in [-0.3, -0.25) is 4.79 Å². The zero-order valence-corrected chi connectivity index (χ0v) is 17.1. The van der Waals surface area contributed by atoms with Crippen molar-refractivity contribution in [2.75, 3.05) is 31.7 Å². The number of carbonyl (C=O) groups is 1. The maximum atomic E-state index is 12.8. The maximum absolute atomic E-state index is 12.8. The molecule has 0 bridgehead atoms. The summed E-state index contributed by atoms with van der Waals surface area (Å²) in [5, 5.41) is 2.96. The van der Waals surface area contributed by atoms with E-state index in [2.05, 4.69) is 24.1 Å². The van der Waals surface area contributed by atoms with Crippen LogP contribution in [0.5, 0.6) is 5.88 Å². The Morgan fingerprint density at radius 2 is 1.96 bits per heavy atom. The second kappa shape index (κ2) is 11.1. The number of aryl methyl sites for hydroxylation is 1. The van der Waals surface area contributed by atoms with Crippen molar-refractivity contribution in [2.24, 2.45) is 5.92 Å². The van der Waals surface area contributed by atoms with E-state index < -0.39 is 5.60 Å². The van der Waals surface area contributed by atoms with Crippen LogP contribution in [0.1, 0.15) is 53.2 Å². The molecular weight excluding hydrogens is 332 g/mol. The van der Waals surface area contributed by atoms with Crippen molar-refractivity contribution in [3.8, 4) is 5.88 Å². The normalized spacial score (nSPS) is 13.5. The number of carbonyl (C=O) groups excluding carboxylic acids is 1. The SMILES string of the molecule is CCCO[C@@](C)(CC(C)C)C(=O)Nc1ccc(OCCOCC)nc1C. The number of anilines is 1. The first kappa shape index (κ1) is 22.4. The van der Waals surface area contributed by atoms with Gasteiger partial charge < -0.3 is 19.5 Å². The molecule has 0 fully saturated rings. The minimum Gasteiger partial charge on any atom is -0.475 e. The van der Waals surface area contributed by atoms with Crippen LogP contribution >= 0.6 is 0 Å². The van der Waals surface area contributed by atoms with E-state index in [4.69, 9.17) is 14.2 Å². The smallest absolute Gasteiger partial charge is 0.256 e. The van der Waals surface area contributed by atoms with Gasteiger partial charge in [-0.25, -0.2) is 4.98 Å². The summed E-state index contributed by atoms with van der Waals surface area (Å²) in [6, 6.07) is 3.56. The lowest BCUT2D eigenvalue weighted by molar-refractivity contribution is -0.141. The summed E-state index contributed by atoms with van der Waals surface area (Å²) in [5.41, 5.74) is 0.514. The average Bonchev–Trinajstić information content (AvgIpc) is 2.58. The third kappa shape index (κ3) is 7.30. The van der Waals surface area contributed by atoms with Crippen molar-refractivity contribution in [2.45, 2.75) is 60.0 Å². The Bertz CT molecular complexity index is 563.